The van der Waals surface area contributed by atoms with Crippen LogP contribution in [0.5, 0.6) is 17.2 Å². The molecule has 0 radical (unpaired) electrons. The Morgan fingerprint density at radius 1 is 0.786 bits per heavy atom. The highest BCUT2D eigenvalue weighted by atomic mass is 16.5. The van der Waals surface area contributed by atoms with E-state index in [4.69, 9.17) is 19.2 Å². The highest BCUT2D eigenvalue weighted by Gasteiger charge is 2.10. The van der Waals surface area contributed by atoms with Gasteiger partial charge in [0.15, 0.2) is 0 Å². The molecule has 0 fully saturated rings. The second-order valence-corrected chi connectivity index (χ2v) is 5.96. The number of rotatable bonds is 7. The molecule has 0 heterocycles. The van der Waals surface area contributed by atoms with Crippen molar-refractivity contribution in [3.05, 3.63) is 96.8 Å². The minimum atomic E-state index is 0.508. The normalized spacial score (nSPS) is 11.8. The SMILES string of the molecule is CC/C(=C\Oc1ccc(OC)cc1)C(=Nc1ccccc1)Oc1ccccc1. The summed E-state index contributed by atoms with van der Waals surface area (Å²) in [7, 11) is 1.64. The van der Waals surface area contributed by atoms with Gasteiger partial charge in [0.25, 0.3) is 0 Å². The molecule has 0 bridgehead atoms. The number of hydrogen-bond donors (Lipinski definition) is 0. The fraction of sp³-hybridized carbons (Fsp3) is 0.125. The number of methoxy groups -OCH3 is 1. The lowest BCUT2D eigenvalue weighted by molar-refractivity contribution is 0.412. The van der Waals surface area contributed by atoms with Gasteiger partial charge < -0.3 is 14.2 Å². The van der Waals surface area contributed by atoms with Crippen molar-refractivity contribution >= 4 is 11.6 Å². The zero-order chi connectivity index (χ0) is 19.6. The molecule has 3 rings (SSSR count). The zero-order valence-corrected chi connectivity index (χ0v) is 16.0. The van der Waals surface area contributed by atoms with Gasteiger partial charge in [-0.05, 0) is 55.0 Å². The van der Waals surface area contributed by atoms with Gasteiger partial charge in [0.2, 0.25) is 5.90 Å². The maximum absolute atomic E-state index is 6.08. The molecule has 0 aliphatic rings. The quantitative estimate of drug-likeness (QED) is 0.282. The lowest BCUT2D eigenvalue weighted by Crippen LogP contribution is -2.12. The Kier molecular flexibility index (Phi) is 6.85. The first-order valence-electron chi connectivity index (χ1n) is 9.15. The molecular weight excluding hydrogens is 350 g/mol. The van der Waals surface area contributed by atoms with Crippen LogP contribution in [0.1, 0.15) is 13.3 Å². The van der Waals surface area contributed by atoms with Gasteiger partial charge in [0.1, 0.15) is 17.2 Å². The minimum Gasteiger partial charge on any atom is -0.497 e. The van der Waals surface area contributed by atoms with Gasteiger partial charge >= 0.3 is 0 Å². The van der Waals surface area contributed by atoms with Crippen LogP contribution in [0.4, 0.5) is 5.69 Å². The van der Waals surface area contributed by atoms with Gasteiger partial charge in [0, 0.05) is 5.57 Å². The highest BCUT2D eigenvalue weighted by Crippen LogP contribution is 2.21. The fourth-order valence-electron chi connectivity index (χ4n) is 2.46. The van der Waals surface area contributed by atoms with Gasteiger partial charge in [-0.1, -0.05) is 43.3 Å². The topological polar surface area (TPSA) is 40.0 Å². The summed E-state index contributed by atoms with van der Waals surface area (Å²) in [6, 6.07) is 26.8. The molecule has 3 aromatic rings. The van der Waals surface area contributed by atoms with Crippen molar-refractivity contribution in [1.82, 2.24) is 0 Å². The first-order chi connectivity index (χ1) is 13.8. The molecule has 28 heavy (non-hydrogen) atoms. The molecule has 0 atom stereocenters. The lowest BCUT2D eigenvalue weighted by atomic mass is 10.2. The van der Waals surface area contributed by atoms with E-state index in [1.807, 2.05) is 91.9 Å². The fourth-order valence-corrected chi connectivity index (χ4v) is 2.46. The van der Waals surface area contributed by atoms with Crippen LogP contribution >= 0.6 is 0 Å². The van der Waals surface area contributed by atoms with E-state index in [9.17, 15) is 0 Å². The molecular formula is C24H23NO3. The molecule has 0 aromatic heterocycles. The van der Waals surface area contributed by atoms with Gasteiger partial charge in [-0.3, -0.25) is 0 Å². The van der Waals surface area contributed by atoms with Crippen LogP contribution in [0, 0.1) is 0 Å². The standard InChI is InChI=1S/C24H23NO3/c1-3-19(18-27-22-16-14-21(26-2)15-17-22)24(25-20-10-6-4-7-11-20)28-23-12-8-5-9-13-23/h4-18H,3H2,1-2H3/b19-18+,25-24?. The van der Waals surface area contributed by atoms with Crippen molar-refractivity contribution < 1.29 is 14.2 Å². The summed E-state index contributed by atoms with van der Waals surface area (Å²) in [6.45, 7) is 2.04. The second-order valence-electron chi connectivity index (χ2n) is 5.96. The zero-order valence-electron chi connectivity index (χ0n) is 16.0. The molecule has 3 aromatic carbocycles. The summed E-state index contributed by atoms with van der Waals surface area (Å²) in [4.78, 5) is 4.69. The molecule has 0 spiro atoms. The summed E-state index contributed by atoms with van der Waals surface area (Å²) < 4.78 is 17.1. The third-order valence-electron chi connectivity index (χ3n) is 4.00. The minimum absolute atomic E-state index is 0.508. The predicted octanol–water partition coefficient (Wildman–Crippen LogP) is 6.18. The highest BCUT2D eigenvalue weighted by molar-refractivity contribution is 5.96. The van der Waals surface area contributed by atoms with E-state index in [2.05, 4.69) is 0 Å². The molecule has 0 unspecified atom stereocenters. The molecule has 0 N–H and O–H groups in total. The summed E-state index contributed by atoms with van der Waals surface area (Å²) in [6.07, 6.45) is 2.39. The molecule has 0 aliphatic carbocycles. The van der Waals surface area contributed by atoms with Crippen LogP contribution in [0.15, 0.2) is 102 Å². The van der Waals surface area contributed by atoms with Crippen molar-refractivity contribution in [2.24, 2.45) is 4.99 Å². The first-order valence-corrected chi connectivity index (χ1v) is 9.15. The number of benzene rings is 3. The van der Waals surface area contributed by atoms with E-state index < -0.39 is 0 Å². The van der Waals surface area contributed by atoms with Gasteiger partial charge in [0.05, 0.1) is 19.1 Å². The third-order valence-corrected chi connectivity index (χ3v) is 4.00. The number of ether oxygens (including phenoxy) is 3. The molecule has 0 aliphatic heterocycles. The van der Waals surface area contributed by atoms with Crippen molar-refractivity contribution in [2.45, 2.75) is 13.3 Å². The Labute approximate surface area is 165 Å². The van der Waals surface area contributed by atoms with Crippen molar-refractivity contribution in [3.63, 3.8) is 0 Å². The Balaban J connectivity index is 1.88. The van der Waals surface area contributed by atoms with Crippen LogP contribution in [-0.2, 0) is 0 Å². The number of hydrogen-bond acceptors (Lipinski definition) is 4. The molecule has 0 saturated heterocycles. The third kappa shape index (κ3) is 5.48. The summed E-state index contributed by atoms with van der Waals surface area (Å²) >= 11 is 0. The number of para-hydroxylation sites is 2. The van der Waals surface area contributed by atoms with Crippen LogP contribution in [0.3, 0.4) is 0 Å². The Hall–Kier alpha value is -3.53. The van der Waals surface area contributed by atoms with Crippen LogP contribution < -0.4 is 14.2 Å². The van der Waals surface area contributed by atoms with E-state index in [0.29, 0.717) is 18.1 Å². The Morgan fingerprint density at radius 2 is 1.39 bits per heavy atom. The molecule has 4 nitrogen and oxygen atoms in total. The number of aliphatic imine (C=N–C) groups is 1. The summed E-state index contributed by atoms with van der Waals surface area (Å²) in [5.41, 5.74) is 1.67. The van der Waals surface area contributed by atoms with Crippen molar-refractivity contribution in [2.75, 3.05) is 7.11 Å². The maximum Gasteiger partial charge on any atom is 0.226 e. The van der Waals surface area contributed by atoms with E-state index >= 15 is 0 Å². The van der Waals surface area contributed by atoms with Gasteiger partial charge in [-0.2, -0.15) is 0 Å². The molecule has 4 heteroatoms. The average Bonchev–Trinajstić information content (AvgIpc) is 2.76. The van der Waals surface area contributed by atoms with Gasteiger partial charge in [-0.25, -0.2) is 4.99 Å². The van der Waals surface area contributed by atoms with Crippen LogP contribution in [-0.4, -0.2) is 13.0 Å². The largest absolute Gasteiger partial charge is 0.497 e. The molecule has 0 saturated carbocycles. The monoisotopic (exact) mass is 373 g/mol. The van der Waals surface area contributed by atoms with Gasteiger partial charge in [-0.15, -0.1) is 0 Å². The van der Waals surface area contributed by atoms with E-state index in [0.717, 1.165) is 22.8 Å². The van der Waals surface area contributed by atoms with Crippen LogP contribution in [0.25, 0.3) is 0 Å². The van der Waals surface area contributed by atoms with E-state index in [1.165, 1.54) is 0 Å². The summed E-state index contributed by atoms with van der Waals surface area (Å²) in [5.74, 6) is 2.73. The predicted molar refractivity (Wildman–Crippen MR) is 113 cm³/mol. The number of nitrogens with zero attached hydrogens (tertiary/aromatic N) is 1. The second kappa shape index (κ2) is 9.97. The van der Waals surface area contributed by atoms with E-state index in [1.54, 1.807) is 13.4 Å². The van der Waals surface area contributed by atoms with Crippen LogP contribution in [0.2, 0.25) is 0 Å². The Bertz CT molecular complexity index is 917. The lowest BCUT2D eigenvalue weighted by Gasteiger charge is -2.12. The first kappa shape index (κ1) is 19.2. The molecule has 142 valence electrons. The van der Waals surface area contributed by atoms with Crippen molar-refractivity contribution in [1.29, 1.82) is 0 Å². The molecule has 0 amide bonds. The van der Waals surface area contributed by atoms with E-state index in [-0.39, 0.29) is 0 Å². The smallest absolute Gasteiger partial charge is 0.226 e. The Morgan fingerprint density at radius 3 is 2.00 bits per heavy atom. The summed E-state index contributed by atoms with van der Waals surface area (Å²) in [5, 5.41) is 0. The maximum atomic E-state index is 6.08. The van der Waals surface area contributed by atoms with Crippen molar-refractivity contribution in [3.8, 4) is 17.2 Å². The average molecular weight is 373 g/mol.